The van der Waals surface area contributed by atoms with E-state index in [1.54, 1.807) is 6.07 Å². The van der Waals surface area contributed by atoms with E-state index in [4.69, 9.17) is 5.73 Å². The summed E-state index contributed by atoms with van der Waals surface area (Å²) in [6, 6.07) is 5.53. The molecule has 1 atom stereocenters. The minimum absolute atomic E-state index is 0. The minimum Gasteiger partial charge on any atom is -0.508 e. The van der Waals surface area contributed by atoms with Gasteiger partial charge in [0, 0.05) is 6.04 Å². The minimum atomic E-state index is 0. The van der Waals surface area contributed by atoms with Crippen molar-refractivity contribution < 1.29 is 5.11 Å². The Morgan fingerprint density at radius 1 is 1.53 bits per heavy atom. The molecule has 3 heteroatoms. The van der Waals surface area contributed by atoms with Crippen LogP contribution in [0.4, 0.5) is 0 Å². The molecule has 2 nitrogen and oxygen atoms in total. The van der Waals surface area contributed by atoms with E-state index >= 15 is 0 Å². The highest BCUT2D eigenvalue weighted by atomic mass is 35.5. The molecule has 0 amide bonds. The van der Waals surface area contributed by atoms with E-state index in [9.17, 15) is 5.11 Å². The lowest BCUT2D eigenvalue weighted by Crippen LogP contribution is -2.09. The topological polar surface area (TPSA) is 46.2 Å². The Hall–Kier alpha value is -0.990. The summed E-state index contributed by atoms with van der Waals surface area (Å²) in [5.41, 5.74) is 7.91. The van der Waals surface area contributed by atoms with Gasteiger partial charge in [0.1, 0.15) is 5.75 Å². The Balaban J connectivity index is 0.00000196. The molecule has 0 radical (unpaired) electrons. The van der Waals surface area contributed by atoms with Crippen molar-refractivity contribution in [2.75, 3.05) is 0 Å². The standard InChI is InChI=1S/C12H17NO.ClH/c1-3-4-5-11(13)10-6-7-12(14)9(2)8-10;/h3,6-8,11,14H,1,4-5,13H2,2H3;1H/t11-;/m1./s1. The Morgan fingerprint density at radius 3 is 2.73 bits per heavy atom. The molecule has 1 aromatic rings. The molecule has 0 aliphatic rings. The van der Waals surface area contributed by atoms with Gasteiger partial charge >= 0.3 is 0 Å². The van der Waals surface area contributed by atoms with Gasteiger partial charge in [0.05, 0.1) is 0 Å². The summed E-state index contributed by atoms with van der Waals surface area (Å²) in [4.78, 5) is 0. The maximum atomic E-state index is 9.34. The maximum absolute atomic E-state index is 9.34. The zero-order valence-corrected chi connectivity index (χ0v) is 9.76. The maximum Gasteiger partial charge on any atom is 0.118 e. The van der Waals surface area contributed by atoms with Crippen molar-refractivity contribution in [2.45, 2.75) is 25.8 Å². The average Bonchev–Trinajstić information content (AvgIpc) is 2.18. The lowest BCUT2D eigenvalue weighted by Gasteiger charge is -2.11. The van der Waals surface area contributed by atoms with Gasteiger partial charge in [-0.2, -0.15) is 0 Å². The molecule has 0 aliphatic heterocycles. The number of nitrogens with two attached hydrogens (primary N) is 1. The molecule has 0 fully saturated rings. The third-order valence-electron chi connectivity index (χ3n) is 2.33. The normalized spacial score (nSPS) is 11.6. The molecule has 15 heavy (non-hydrogen) atoms. The van der Waals surface area contributed by atoms with Crippen LogP contribution in [-0.2, 0) is 0 Å². The molecule has 0 heterocycles. The van der Waals surface area contributed by atoms with Crippen molar-refractivity contribution in [3.63, 3.8) is 0 Å². The Labute approximate surface area is 97.2 Å². The molecule has 0 aliphatic carbocycles. The largest absolute Gasteiger partial charge is 0.508 e. The second kappa shape index (κ2) is 6.49. The van der Waals surface area contributed by atoms with Crippen molar-refractivity contribution in [3.05, 3.63) is 42.0 Å². The third-order valence-corrected chi connectivity index (χ3v) is 2.33. The first kappa shape index (κ1) is 14.0. The number of aromatic hydroxyl groups is 1. The van der Waals surface area contributed by atoms with E-state index in [0.717, 1.165) is 24.0 Å². The van der Waals surface area contributed by atoms with E-state index in [1.165, 1.54) is 0 Å². The molecule has 1 rings (SSSR count). The fourth-order valence-electron chi connectivity index (χ4n) is 1.37. The quantitative estimate of drug-likeness (QED) is 0.777. The number of halogens is 1. The van der Waals surface area contributed by atoms with Crippen LogP contribution in [0.25, 0.3) is 0 Å². The first-order valence-corrected chi connectivity index (χ1v) is 4.81. The van der Waals surface area contributed by atoms with Gasteiger partial charge in [-0.05, 0) is 37.0 Å². The van der Waals surface area contributed by atoms with E-state index in [-0.39, 0.29) is 18.4 Å². The predicted octanol–water partition coefficient (Wildman–Crippen LogP) is 3.09. The fraction of sp³-hybridized carbons (Fsp3) is 0.333. The smallest absolute Gasteiger partial charge is 0.118 e. The van der Waals surface area contributed by atoms with Gasteiger partial charge in [-0.1, -0.05) is 18.2 Å². The highest BCUT2D eigenvalue weighted by Gasteiger charge is 2.06. The van der Waals surface area contributed by atoms with Gasteiger partial charge in [-0.25, -0.2) is 0 Å². The number of allylic oxidation sites excluding steroid dienone is 1. The molecule has 0 spiro atoms. The van der Waals surface area contributed by atoms with Crippen LogP contribution in [0.15, 0.2) is 30.9 Å². The number of aryl methyl sites for hydroxylation is 1. The summed E-state index contributed by atoms with van der Waals surface area (Å²) in [6.07, 6.45) is 3.68. The average molecular weight is 228 g/mol. The number of benzene rings is 1. The van der Waals surface area contributed by atoms with E-state index in [0.29, 0.717) is 5.75 Å². The Kier molecular flexibility index (Phi) is 6.06. The molecule has 0 aromatic heterocycles. The van der Waals surface area contributed by atoms with Crippen LogP contribution in [-0.4, -0.2) is 5.11 Å². The van der Waals surface area contributed by atoms with E-state index < -0.39 is 0 Å². The second-order valence-corrected chi connectivity index (χ2v) is 3.52. The number of phenols is 1. The summed E-state index contributed by atoms with van der Waals surface area (Å²) >= 11 is 0. The predicted molar refractivity (Wildman–Crippen MR) is 66.5 cm³/mol. The van der Waals surface area contributed by atoms with Crippen molar-refractivity contribution >= 4 is 12.4 Å². The summed E-state index contributed by atoms with van der Waals surface area (Å²) in [6.45, 7) is 5.54. The monoisotopic (exact) mass is 227 g/mol. The number of rotatable bonds is 4. The van der Waals surface area contributed by atoms with Crippen LogP contribution in [0, 0.1) is 6.92 Å². The van der Waals surface area contributed by atoms with Crippen molar-refractivity contribution in [3.8, 4) is 5.75 Å². The summed E-state index contributed by atoms with van der Waals surface area (Å²) in [7, 11) is 0. The van der Waals surface area contributed by atoms with Gasteiger partial charge in [0.25, 0.3) is 0 Å². The second-order valence-electron chi connectivity index (χ2n) is 3.52. The number of hydrogen-bond donors (Lipinski definition) is 2. The third kappa shape index (κ3) is 3.94. The first-order chi connectivity index (χ1) is 6.65. The SMILES string of the molecule is C=CCC[C@@H](N)c1ccc(O)c(C)c1.Cl. The van der Waals surface area contributed by atoms with E-state index in [1.807, 2.05) is 25.1 Å². The lowest BCUT2D eigenvalue weighted by atomic mass is 10.0. The van der Waals surface area contributed by atoms with Crippen LogP contribution in [0.2, 0.25) is 0 Å². The van der Waals surface area contributed by atoms with Crippen molar-refractivity contribution in [1.82, 2.24) is 0 Å². The van der Waals surface area contributed by atoms with Gasteiger partial charge in [-0.15, -0.1) is 19.0 Å². The Bertz CT molecular complexity index is 325. The van der Waals surface area contributed by atoms with Gasteiger partial charge in [-0.3, -0.25) is 0 Å². The van der Waals surface area contributed by atoms with E-state index in [2.05, 4.69) is 6.58 Å². The first-order valence-electron chi connectivity index (χ1n) is 4.81. The van der Waals surface area contributed by atoms with Crippen LogP contribution in [0.5, 0.6) is 5.75 Å². The molecule has 1 aromatic carbocycles. The van der Waals surface area contributed by atoms with Gasteiger partial charge in [0.15, 0.2) is 0 Å². The van der Waals surface area contributed by atoms with Crippen LogP contribution >= 0.6 is 12.4 Å². The number of hydrogen-bond acceptors (Lipinski definition) is 2. The summed E-state index contributed by atoms with van der Waals surface area (Å²) in [5, 5.41) is 9.34. The lowest BCUT2D eigenvalue weighted by molar-refractivity contribution is 0.470. The van der Waals surface area contributed by atoms with Crippen molar-refractivity contribution in [1.29, 1.82) is 0 Å². The molecule has 0 saturated heterocycles. The summed E-state index contributed by atoms with van der Waals surface area (Å²) < 4.78 is 0. The molecule has 0 bridgehead atoms. The molecule has 0 unspecified atom stereocenters. The molecule has 3 N–H and O–H groups in total. The van der Waals surface area contributed by atoms with Crippen molar-refractivity contribution in [2.24, 2.45) is 5.73 Å². The zero-order chi connectivity index (χ0) is 10.6. The molecule has 0 saturated carbocycles. The Morgan fingerprint density at radius 2 is 2.20 bits per heavy atom. The van der Waals surface area contributed by atoms with Crippen LogP contribution in [0.1, 0.15) is 30.0 Å². The molecular weight excluding hydrogens is 210 g/mol. The highest BCUT2D eigenvalue weighted by molar-refractivity contribution is 5.85. The fourth-order valence-corrected chi connectivity index (χ4v) is 1.37. The van der Waals surface area contributed by atoms with Crippen LogP contribution < -0.4 is 5.73 Å². The summed E-state index contributed by atoms with van der Waals surface area (Å²) in [5.74, 6) is 0.324. The molecule has 84 valence electrons. The molecular formula is C12H18ClNO. The zero-order valence-electron chi connectivity index (χ0n) is 8.94. The number of phenolic OH excluding ortho intramolecular Hbond substituents is 1. The van der Waals surface area contributed by atoms with Gasteiger partial charge in [0.2, 0.25) is 0 Å². The highest BCUT2D eigenvalue weighted by Crippen LogP contribution is 2.22. The van der Waals surface area contributed by atoms with Gasteiger partial charge < -0.3 is 10.8 Å². The van der Waals surface area contributed by atoms with Crippen LogP contribution in [0.3, 0.4) is 0 Å².